The van der Waals surface area contributed by atoms with Gasteiger partial charge in [-0.1, -0.05) is 0 Å². The van der Waals surface area contributed by atoms with Gasteiger partial charge in [-0.25, -0.2) is 12.8 Å². The lowest BCUT2D eigenvalue weighted by molar-refractivity contribution is 0.101. The summed E-state index contributed by atoms with van der Waals surface area (Å²) in [6, 6.07) is 3.42. The number of Topliss-reactive ketones (excluding diaryl/α,β-unsaturated/α-hetero) is 1. The second-order valence-corrected chi connectivity index (χ2v) is 6.68. The number of sulfone groups is 1. The van der Waals surface area contributed by atoms with Gasteiger partial charge in [-0.05, 0) is 32.0 Å². The van der Waals surface area contributed by atoms with Crippen LogP contribution in [0.3, 0.4) is 0 Å². The van der Waals surface area contributed by atoms with Crippen LogP contribution in [-0.2, 0) is 9.84 Å². The lowest BCUT2D eigenvalue weighted by atomic mass is 10.1. The van der Waals surface area contributed by atoms with Crippen molar-refractivity contribution in [2.24, 2.45) is 0 Å². The summed E-state index contributed by atoms with van der Waals surface area (Å²) in [5.74, 6) is -1.76. The van der Waals surface area contributed by atoms with Gasteiger partial charge in [-0.15, -0.1) is 0 Å². The molecule has 0 atom stereocenters. The second-order valence-electron chi connectivity index (χ2n) is 4.12. The molecule has 100 valence electrons. The molecule has 0 spiro atoms. The van der Waals surface area contributed by atoms with Crippen LogP contribution >= 0.6 is 0 Å². The first-order chi connectivity index (χ1) is 8.27. The molecular formula is C12H15FO4S. The summed E-state index contributed by atoms with van der Waals surface area (Å²) in [5.41, 5.74) is -0.0540. The quantitative estimate of drug-likeness (QED) is 0.769. The van der Waals surface area contributed by atoms with Gasteiger partial charge in [0, 0.05) is 0 Å². The van der Waals surface area contributed by atoms with E-state index in [1.165, 1.54) is 27.0 Å². The van der Waals surface area contributed by atoms with Crippen LogP contribution in [0, 0.1) is 5.82 Å². The molecule has 0 aliphatic heterocycles. The molecule has 0 fully saturated rings. The van der Waals surface area contributed by atoms with Crippen molar-refractivity contribution < 1.29 is 22.3 Å². The lowest BCUT2D eigenvalue weighted by Crippen LogP contribution is -2.24. The maximum atomic E-state index is 13.1. The summed E-state index contributed by atoms with van der Waals surface area (Å²) < 4.78 is 41.3. The minimum atomic E-state index is -3.51. The molecule has 0 aliphatic rings. The van der Waals surface area contributed by atoms with E-state index in [4.69, 9.17) is 4.74 Å². The smallest absolute Gasteiger partial charge is 0.181 e. The van der Waals surface area contributed by atoms with Crippen molar-refractivity contribution in [2.75, 3.05) is 12.9 Å². The molecule has 1 aromatic carbocycles. The Hall–Kier alpha value is -1.43. The number of ether oxygens (including phenoxy) is 1. The molecule has 1 rings (SSSR count). The zero-order chi connectivity index (χ0) is 13.9. The third-order valence-electron chi connectivity index (χ3n) is 2.51. The van der Waals surface area contributed by atoms with E-state index in [0.29, 0.717) is 0 Å². The molecule has 0 aliphatic carbocycles. The van der Waals surface area contributed by atoms with Crippen LogP contribution in [0.5, 0.6) is 5.75 Å². The van der Waals surface area contributed by atoms with Crippen LogP contribution in [0.25, 0.3) is 0 Å². The van der Waals surface area contributed by atoms with Crippen LogP contribution in [0.4, 0.5) is 4.39 Å². The van der Waals surface area contributed by atoms with Crippen LogP contribution in [-0.4, -0.2) is 32.3 Å². The van der Waals surface area contributed by atoms with Gasteiger partial charge in [0.15, 0.2) is 15.6 Å². The predicted molar refractivity (Wildman–Crippen MR) is 66.2 cm³/mol. The third kappa shape index (κ3) is 3.29. The number of hydrogen-bond acceptors (Lipinski definition) is 4. The van der Waals surface area contributed by atoms with Gasteiger partial charge in [0.2, 0.25) is 0 Å². The average molecular weight is 274 g/mol. The zero-order valence-corrected chi connectivity index (χ0v) is 11.3. The van der Waals surface area contributed by atoms with Crippen molar-refractivity contribution in [1.29, 1.82) is 0 Å². The van der Waals surface area contributed by atoms with Crippen molar-refractivity contribution in [3.63, 3.8) is 0 Å². The molecule has 0 saturated carbocycles. The van der Waals surface area contributed by atoms with Crippen LogP contribution < -0.4 is 4.74 Å². The molecule has 0 N–H and O–H groups in total. The molecule has 1 aromatic rings. The van der Waals surface area contributed by atoms with E-state index in [-0.39, 0.29) is 11.3 Å². The minimum Gasteiger partial charge on any atom is -0.496 e. The Bertz CT molecular complexity index is 549. The molecule has 0 heterocycles. The summed E-state index contributed by atoms with van der Waals surface area (Å²) in [6.45, 7) is 2.98. The third-order valence-corrected chi connectivity index (χ3v) is 4.61. The van der Waals surface area contributed by atoms with Gasteiger partial charge in [-0.2, -0.15) is 0 Å². The predicted octanol–water partition coefficient (Wildman–Crippen LogP) is 1.84. The van der Waals surface area contributed by atoms with Crippen molar-refractivity contribution in [1.82, 2.24) is 0 Å². The average Bonchev–Trinajstić information content (AvgIpc) is 2.28. The Morgan fingerprint density at radius 1 is 1.39 bits per heavy atom. The molecule has 0 amide bonds. The van der Waals surface area contributed by atoms with Crippen molar-refractivity contribution in [2.45, 2.75) is 19.1 Å². The highest BCUT2D eigenvalue weighted by molar-refractivity contribution is 7.92. The standard InChI is InChI=1S/C12H15FO4S/c1-8(2)18(15,16)7-11(14)10-6-9(13)4-5-12(10)17-3/h4-6,8H,7H2,1-3H3. The SMILES string of the molecule is COc1ccc(F)cc1C(=O)CS(=O)(=O)C(C)C. The van der Waals surface area contributed by atoms with Crippen LogP contribution in [0.15, 0.2) is 18.2 Å². The highest BCUT2D eigenvalue weighted by Crippen LogP contribution is 2.20. The molecule has 0 bridgehead atoms. The van der Waals surface area contributed by atoms with E-state index in [2.05, 4.69) is 0 Å². The van der Waals surface area contributed by atoms with E-state index >= 15 is 0 Å². The summed E-state index contributed by atoms with van der Waals surface area (Å²) >= 11 is 0. The summed E-state index contributed by atoms with van der Waals surface area (Å²) in [7, 11) is -2.18. The van der Waals surface area contributed by atoms with E-state index in [0.717, 1.165) is 12.1 Å². The fraction of sp³-hybridized carbons (Fsp3) is 0.417. The number of halogens is 1. The summed E-state index contributed by atoms with van der Waals surface area (Å²) in [6.07, 6.45) is 0. The van der Waals surface area contributed by atoms with E-state index in [1.54, 1.807) is 0 Å². The summed E-state index contributed by atoms with van der Waals surface area (Å²) in [4.78, 5) is 11.9. The first-order valence-corrected chi connectivity index (χ1v) is 7.07. The van der Waals surface area contributed by atoms with E-state index in [9.17, 15) is 17.6 Å². The van der Waals surface area contributed by atoms with Crippen LogP contribution in [0.1, 0.15) is 24.2 Å². The van der Waals surface area contributed by atoms with Gasteiger partial charge in [0.1, 0.15) is 17.3 Å². The maximum Gasteiger partial charge on any atom is 0.181 e. The van der Waals surface area contributed by atoms with E-state index in [1.807, 2.05) is 0 Å². The monoisotopic (exact) mass is 274 g/mol. The van der Waals surface area contributed by atoms with E-state index < -0.39 is 32.4 Å². The molecule has 0 saturated heterocycles. The second kappa shape index (κ2) is 5.48. The fourth-order valence-electron chi connectivity index (χ4n) is 1.33. The summed E-state index contributed by atoms with van der Waals surface area (Å²) in [5, 5.41) is -0.652. The van der Waals surface area contributed by atoms with Gasteiger partial charge in [-0.3, -0.25) is 4.79 Å². The van der Waals surface area contributed by atoms with Crippen molar-refractivity contribution in [3.8, 4) is 5.75 Å². The minimum absolute atomic E-state index is 0.0540. The zero-order valence-electron chi connectivity index (χ0n) is 10.4. The first kappa shape index (κ1) is 14.6. The molecule has 6 heteroatoms. The first-order valence-electron chi connectivity index (χ1n) is 5.36. The Kier molecular flexibility index (Phi) is 4.45. The van der Waals surface area contributed by atoms with Crippen molar-refractivity contribution in [3.05, 3.63) is 29.6 Å². The van der Waals surface area contributed by atoms with Gasteiger partial charge in [0.25, 0.3) is 0 Å². The molecule has 0 aromatic heterocycles. The number of methoxy groups -OCH3 is 1. The fourth-order valence-corrected chi connectivity index (χ4v) is 2.18. The number of carbonyl (C=O) groups is 1. The van der Waals surface area contributed by atoms with Gasteiger partial charge >= 0.3 is 0 Å². The number of rotatable bonds is 5. The molecule has 18 heavy (non-hydrogen) atoms. The number of carbonyl (C=O) groups excluding carboxylic acids is 1. The Balaban J connectivity index is 3.08. The van der Waals surface area contributed by atoms with Crippen molar-refractivity contribution >= 4 is 15.6 Å². The number of hydrogen-bond donors (Lipinski definition) is 0. The topological polar surface area (TPSA) is 60.4 Å². The van der Waals surface area contributed by atoms with Gasteiger partial charge < -0.3 is 4.74 Å². The Morgan fingerprint density at radius 3 is 2.50 bits per heavy atom. The Morgan fingerprint density at radius 2 is 2.00 bits per heavy atom. The molecule has 0 radical (unpaired) electrons. The highest BCUT2D eigenvalue weighted by Gasteiger charge is 2.23. The maximum absolute atomic E-state index is 13.1. The lowest BCUT2D eigenvalue weighted by Gasteiger charge is -2.09. The Labute approximate surface area is 106 Å². The van der Waals surface area contributed by atoms with Crippen LogP contribution in [0.2, 0.25) is 0 Å². The molecule has 4 nitrogen and oxygen atoms in total. The number of ketones is 1. The molecule has 0 unspecified atom stereocenters. The normalized spacial score (nSPS) is 11.6. The highest BCUT2D eigenvalue weighted by atomic mass is 32.2. The number of benzene rings is 1. The molecular weight excluding hydrogens is 259 g/mol. The largest absolute Gasteiger partial charge is 0.496 e. The van der Waals surface area contributed by atoms with Gasteiger partial charge in [0.05, 0.1) is 17.9 Å².